The van der Waals surface area contributed by atoms with Crippen LogP contribution in [0.4, 0.5) is 5.69 Å². The summed E-state index contributed by atoms with van der Waals surface area (Å²) in [5.41, 5.74) is -0.551. The largest absolute Gasteiger partial charge is 0.478 e. The molecule has 15 heteroatoms. The average Bonchev–Trinajstić information content (AvgIpc) is 2.61. The van der Waals surface area contributed by atoms with Crippen LogP contribution in [0, 0.1) is 0 Å². The number of carbonyl (C=O) groups is 2. The Balaban J connectivity index is 2.53. The highest BCUT2D eigenvalue weighted by Crippen LogP contribution is 2.44. The number of carboxylic acid groups (broad SMARTS) is 1. The minimum Gasteiger partial charge on any atom is -0.478 e. The molecule has 162 valence electrons. The molecular formula is C15H10Br4N2O7S2. The number of carbonyl (C=O) groups excluding carboxylic acids is 1. The van der Waals surface area contributed by atoms with Gasteiger partial charge in [0.25, 0.3) is 20.0 Å². The first-order valence-corrected chi connectivity index (χ1v) is 13.6. The van der Waals surface area contributed by atoms with Crippen molar-refractivity contribution in [3.8, 4) is 0 Å². The van der Waals surface area contributed by atoms with Crippen LogP contribution < -0.4 is 9.44 Å². The molecule has 0 heterocycles. The SMILES string of the molecule is CC(=O)NS(=O)(=O)c1ccc(NS(=O)(=O)c2c(Br)c(Br)c(Br)c(Br)c2C(=O)O)cc1. The van der Waals surface area contributed by atoms with Crippen molar-refractivity contribution >= 4 is 101 Å². The molecule has 2 aromatic carbocycles. The molecule has 0 aromatic heterocycles. The normalized spacial score (nSPS) is 11.8. The number of halogens is 4. The summed E-state index contributed by atoms with van der Waals surface area (Å²) in [6.07, 6.45) is 0. The van der Waals surface area contributed by atoms with E-state index in [1.165, 1.54) is 0 Å². The summed E-state index contributed by atoms with van der Waals surface area (Å²) >= 11 is 12.5. The Kier molecular flexibility index (Phi) is 7.78. The predicted molar refractivity (Wildman–Crippen MR) is 122 cm³/mol. The monoisotopic (exact) mass is 710 g/mol. The molecule has 0 aliphatic rings. The lowest BCUT2D eigenvalue weighted by molar-refractivity contribution is -0.117. The van der Waals surface area contributed by atoms with Gasteiger partial charge >= 0.3 is 5.97 Å². The predicted octanol–water partition coefficient (Wildman–Crippen LogP) is 4.06. The van der Waals surface area contributed by atoms with Crippen molar-refractivity contribution in [2.75, 3.05) is 4.72 Å². The van der Waals surface area contributed by atoms with Crippen LogP contribution in [0.2, 0.25) is 0 Å². The summed E-state index contributed by atoms with van der Waals surface area (Å²) in [6.45, 7) is 1.03. The molecule has 0 radical (unpaired) electrons. The van der Waals surface area contributed by atoms with E-state index in [2.05, 4.69) is 68.4 Å². The summed E-state index contributed by atoms with van der Waals surface area (Å²) in [5.74, 6) is -2.27. The number of hydrogen-bond donors (Lipinski definition) is 3. The van der Waals surface area contributed by atoms with Gasteiger partial charge in [-0.25, -0.2) is 26.4 Å². The highest BCUT2D eigenvalue weighted by Gasteiger charge is 2.32. The fraction of sp³-hybridized carbons (Fsp3) is 0.0667. The van der Waals surface area contributed by atoms with Gasteiger partial charge in [-0.05, 0) is 88.0 Å². The van der Waals surface area contributed by atoms with E-state index in [-0.39, 0.29) is 24.0 Å². The molecule has 0 saturated carbocycles. The van der Waals surface area contributed by atoms with Crippen LogP contribution in [-0.4, -0.2) is 33.8 Å². The van der Waals surface area contributed by atoms with Gasteiger partial charge in [0.2, 0.25) is 5.91 Å². The Morgan fingerprint density at radius 1 is 0.833 bits per heavy atom. The number of benzene rings is 2. The van der Waals surface area contributed by atoms with Crippen molar-refractivity contribution in [1.29, 1.82) is 0 Å². The van der Waals surface area contributed by atoms with Crippen molar-refractivity contribution < 1.29 is 31.5 Å². The van der Waals surface area contributed by atoms with E-state index >= 15 is 0 Å². The molecule has 2 rings (SSSR count). The lowest BCUT2D eigenvalue weighted by Crippen LogP contribution is -2.28. The number of nitrogens with one attached hydrogen (secondary N) is 2. The maximum atomic E-state index is 13.0. The van der Waals surface area contributed by atoms with Crippen molar-refractivity contribution in [3.63, 3.8) is 0 Å². The molecule has 3 N–H and O–H groups in total. The van der Waals surface area contributed by atoms with Crippen molar-refractivity contribution in [2.45, 2.75) is 16.7 Å². The molecular weight excluding hydrogens is 704 g/mol. The zero-order chi connectivity index (χ0) is 23.0. The van der Waals surface area contributed by atoms with E-state index in [1.807, 2.05) is 0 Å². The number of sulfonamides is 2. The van der Waals surface area contributed by atoms with E-state index in [1.54, 1.807) is 4.72 Å². The number of carboxylic acids is 1. The Morgan fingerprint density at radius 2 is 1.33 bits per heavy atom. The third-order valence-electron chi connectivity index (χ3n) is 3.40. The first kappa shape index (κ1) is 25.3. The second-order valence-electron chi connectivity index (χ2n) is 5.56. The smallest absolute Gasteiger partial charge is 0.338 e. The maximum absolute atomic E-state index is 13.0. The highest BCUT2D eigenvalue weighted by atomic mass is 79.9. The van der Waals surface area contributed by atoms with Gasteiger partial charge in [0.15, 0.2) is 0 Å². The zero-order valence-electron chi connectivity index (χ0n) is 14.5. The first-order chi connectivity index (χ1) is 13.7. The fourth-order valence-electron chi connectivity index (χ4n) is 2.21. The molecule has 2 aromatic rings. The molecule has 0 bridgehead atoms. The van der Waals surface area contributed by atoms with Gasteiger partial charge in [-0.15, -0.1) is 0 Å². The Labute approximate surface area is 205 Å². The van der Waals surface area contributed by atoms with E-state index < -0.39 is 42.4 Å². The van der Waals surface area contributed by atoms with Crippen LogP contribution >= 0.6 is 63.7 Å². The van der Waals surface area contributed by atoms with Gasteiger partial charge in [-0.3, -0.25) is 9.52 Å². The quantitative estimate of drug-likeness (QED) is 0.302. The average molecular weight is 714 g/mol. The lowest BCUT2D eigenvalue weighted by Gasteiger charge is -2.16. The van der Waals surface area contributed by atoms with Gasteiger partial charge in [0, 0.05) is 26.0 Å². The number of aromatic carboxylic acids is 1. The van der Waals surface area contributed by atoms with Crippen LogP contribution in [0.5, 0.6) is 0 Å². The summed E-state index contributed by atoms with van der Waals surface area (Å²) in [4.78, 5) is 21.9. The van der Waals surface area contributed by atoms with Gasteiger partial charge in [0.05, 0.1) is 14.9 Å². The van der Waals surface area contributed by atoms with Crippen LogP contribution in [0.25, 0.3) is 0 Å². The summed E-state index contributed by atoms with van der Waals surface area (Å²) in [5, 5.41) is 9.53. The number of amides is 1. The zero-order valence-corrected chi connectivity index (χ0v) is 22.5. The molecule has 0 aliphatic carbocycles. The maximum Gasteiger partial charge on any atom is 0.338 e. The van der Waals surface area contributed by atoms with Crippen molar-refractivity contribution in [3.05, 3.63) is 47.7 Å². The second-order valence-corrected chi connectivity index (χ2v) is 12.0. The van der Waals surface area contributed by atoms with E-state index in [0.29, 0.717) is 4.47 Å². The fourth-order valence-corrected chi connectivity index (χ4v) is 7.74. The number of rotatable bonds is 6. The molecule has 0 fully saturated rings. The Hall–Kier alpha value is -1.000. The minimum absolute atomic E-state index is 0.00204. The standard InChI is InChI=1S/C15H10Br4N2O7S2/c1-6(22)20-29(25,26)8-4-2-7(3-5-8)21-30(27,28)14-9(15(23)24)10(16)11(17)12(18)13(14)19/h2-5,21H,1H3,(H,20,22)(H,23,24). The molecule has 9 nitrogen and oxygen atoms in total. The highest BCUT2D eigenvalue weighted by molar-refractivity contribution is 9.15. The summed E-state index contributed by atoms with van der Waals surface area (Å²) < 4.78 is 54.4. The van der Waals surface area contributed by atoms with Gasteiger partial charge in [-0.2, -0.15) is 0 Å². The molecule has 0 saturated heterocycles. The van der Waals surface area contributed by atoms with E-state index in [0.717, 1.165) is 31.2 Å². The Bertz CT molecular complexity index is 1260. The number of hydrogen-bond acceptors (Lipinski definition) is 6. The Morgan fingerprint density at radius 3 is 1.80 bits per heavy atom. The van der Waals surface area contributed by atoms with Crippen molar-refractivity contribution in [1.82, 2.24) is 4.72 Å². The molecule has 0 aliphatic heterocycles. The summed E-state index contributed by atoms with van der Waals surface area (Å²) in [7, 11) is -8.52. The molecule has 0 unspecified atom stereocenters. The lowest BCUT2D eigenvalue weighted by atomic mass is 10.2. The summed E-state index contributed by atoms with van der Waals surface area (Å²) in [6, 6.07) is 4.49. The van der Waals surface area contributed by atoms with Crippen LogP contribution in [0.15, 0.2) is 51.9 Å². The molecule has 30 heavy (non-hydrogen) atoms. The molecule has 0 spiro atoms. The third-order valence-corrected chi connectivity index (χ3v) is 11.3. The topological polar surface area (TPSA) is 147 Å². The molecule has 0 atom stereocenters. The van der Waals surface area contributed by atoms with E-state index in [4.69, 9.17) is 0 Å². The molecule has 1 amide bonds. The van der Waals surface area contributed by atoms with Gasteiger partial charge in [0.1, 0.15) is 4.90 Å². The van der Waals surface area contributed by atoms with Crippen LogP contribution in [0.3, 0.4) is 0 Å². The van der Waals surface area contributed by atoms with Gasteiger partial charge < -0.3 is 5.11 Å². The van der Waals surface area contributed by atoms with Crippen LogP contribution in [0.1, 0.15) is 17.3 Å². The second kappa shape index (κ2) is 9.24. The number of anilines is 1. The first-order valence-electron chi connectivity index (χ1n) is 7.44. The van der Waals surface area contributed by atoms with Gasteiger partial charge in [-0.1, -0.05) is 0 Å². The minimum atomic E-state index is -4.43. The van der Waals surface area contributed by atoms with Crippen LogP contribution in [-0.2, 0) is 24.8 Å². The van der Waals surface area contributed by atoms with E-state index in [9.17, 15) is 31.5 Å². The third kappa shape index (κ3) is 5.24. The van der Waals surface area contributed by atoms with Crippen molar-refractivity contribution in [2.24, 2.45) is 0 Å².